The molecule has 0 fully saturated rings. The minimum atomic E-state index is -0.312. The Kier molecular flexibility index (Phi) is 9.76. The molecule has 94 valence electrons. The van der Waals surface area contributed by atoms with Gasteiger partial charge < -0.3 is 10.5 Å². The molecule has 0 spiro atoms. The number of ether oxygens (including phenoxy) is 1. The van der Waals surface area contributed by atoms with Gasteiger partial charge in [0.15, 0.2) is 0 Å². The molecule has 0 aliphatic heterocycles. The zero-order chi connectivity index (χ0) is 12.2. The van der Waals surface area contributed by atoms with Gasteiger partial charge in [-0.1, -0.05) is 26.2 Å². The van der Waals surface area contributed by atoms with Crippen LogP contribution in [0, 0.1) is 0 Å². The number of hydrogen-bond acceptors (Lipinski definition) is 3. The van der Waals surface area contributed by atoms with Crippen molar-refractivity contribution < 1.29 is 14.3 Å². The Labute approximate surface area is 97.5 Å². The Bertz CT molecular complexity index is 204. The Morgan fingerprint density at radius 2 is 1.69 bits per heavy atom. The normalized spacial score (nSPS) is 10.1. The van der Waals surface area contributed by atoms with Crippen LogP contribution in [-0.4, -0.2) is 18.5 Å². The fourth-order valence-corrected chi connectivity index (χ4v) is 1.36. The average Bonchev–Trinajstić information content (AvgIpc) is 2.24. The standard InChI is InChI=1S/C12H23NO3/c1-2-3-4-7-10-16-12(15)9-6-5-8-11(13)14/h2-10H2,1H3,(H2,13,14). The molecule has 0 atom stereocenters. The summed E-state index contributed by atoms with van der Waals surface area (Å²) in [5, 5.41) is 0. The van der Waals surface area contributed by atoms with Crippen molar-refractivity contribution in [1.29, 1.82) is 0 Å². The molecule has 1 amide bonds. The van der Waals surface area contributed by atoms with E-state index in [1.807, 2.05) is 0 Å². The van der Waals surface area contributed by atoms with Crippen molar-refractivity contribution >= 4 is 11.9 Å². The Hall–Kier alpha value is -1.06. The van der Waals surface area contributed by atoms with Crippen LogP contribution < -0.4 is 5.73 Å². The number of rotatable bonds is 10. The summed E-state index contributed by atoms with van der Waals surface area (Å²) >= 11 is 0. The van der Waals surface area contributed by atoms with E-state index in [-0.39, 0.29) is 11.9 Å². The molecule has 0 heterocycles. The van der Waals surface area contributed by atoms with Crippen LogP contribution in [0.15, 0.2) is 0 Å². The molecule has 0 saturated heterocycles. The van der Waals surface area contributed by atoms with Crippen LogP contribution in [-0.2, 0) is 14.3 Å². The lowest BCUT2D eigenvalue weighted by Crippen LogP contribution is -2.10. The number of nitrogens with two attached hydrogens (primary N) is 1. The number of hydrogen-bond donors (Lipinski definition) is 1. The van der Waals surface area contributed by atoms with E-state index in [0.29, 0.717) is 32.3 Å². The van der Waals surface area contributed by atoms with Gasteiger partial charge in [0.25, 0.3) is 0 Å². The largest absolute Gasteiger partial charge is 0.466 e. The van der Waals surface area contributed by atoms with Crippen molar-refractivity contribution in [2.24, 2.45) is 5.73 Å². The summed E-state index contributed by atoms with van der Waals surface area (Å²) in [6.07, 6.45) is 6.52. The van der Waals surface area contributed by atoms with Gasteiger partial charge in [0.2, 0.25) is 5.91 Å². The summed E-state index contributed by atoms with van der Waals surface area (Å²) in [5.41, 5.74) is 4.98. The summed E-state index contributed by atoms with van der Waals surface area (Å²) in [5.74, 6) is -0.478. The Balaban J connectivity index is 3.21. The molecule has 0 aromatic heterocycles. The first kappa shape index (κ1) is 14.9. The number of carbonyl (C=O) groups excluding carboxylic acids is 2. The molecule has 0 unspecified atom stereocenters. The predicted molar refractivity (Wildman–Crippen MR) is 62.8 cm³/mol. The van der Waals surface area contributed by atoms with Gasteiger partial charge in [0.1, 0.15) is 0 Å². The average molecular weight is 229 g/mol. The first-order valence-electron chi connectivity index (χ1n) is 6.10. The Morgan fingerprint density at radius 3 is 2.31 bits per heavy atom. The van der Waals surface area contributed by atoms with Gasteiger partial charge in [-0.3, -0.25) is 9.59 Å². The van der Waals surface area contributed by atoms with Crippen LogP contribution in [0.3, 0.4) is 0 Å². The van der Waals surface area contributed by atoms with Gasteiger partial charge in [-0.15, -0.1) is 0 Å². The van der Waals surface area contributed by atoms with Gasteiger partial charge in [0, 0.05) is 12.8 Å². The maximum absolute atomic E-state index is 11.2. The first-order chi connectivity index (χ1) is 7.66. The van der Waals surface area contributed by atoms with E-state index in [1.165, 1.54) is 12.8 Å². The monoisotopic (exact) mass is 229 g/mol. The number of carbonyl (C=O) groups is 2. The summed E-state index contributed by atoms with van der Waals surface area (Å²) in [4.78, 5) is 21.6. The third-order valence-electron chi connectivity index (χ3n) is 2.32. The fraction of sp³-hybridized carbons (Fsp3) is 0.833. The highest BCUT2D eigenvalue weighted by molar-refractivity contribution is 5.73. The molecule has 2 N–H and O–H groups in total. The van der Waals surface area contributed by atoms with E-state index in [4.69, 9.17) is 10.5 Å². The second-order valence-corrected chi connectivity index (χ2v) is 3.95. The molecule has 4 nitrogen and oxygen atoms in total. The number of esters is 1. The molecule has 0 aliphatic rings. The molecule has 16 heavy (non-hydrogen) atoms. The van der Waals surface area contributed by atoms with Crippen molar-refractivity contribution in [2.45, 2.75) is 58.3 Å². The molecule has 0 aromatic carbocycles. The number of unbranched alkanes of at least 4 members (excludes halogenated alkanes) is 4. The molecular formula is C12H23NO3. The minimum Gasteiger partial charge on any atom is -0.466 e. The second kappa shape index (κ2) is 10.5. The SMILES string of the molecule is CCCCCCOC(=O)CCCCC(N)=O. The third kappa shape index (κ3) is 11.0. The van der Waals surface area contributed by atoms with E-state index in [9.17, 15) is 9.59 Å². The molecule has 0 radical (unpaired) electrons. The smallest absolute Gasteiger partial charge is 0.305 e. The topological polar surface area (TPSA) is 69.4 Å². The first-order valence-corrected chi connectivity index (χ1v) is 6.10. The van der Waals surface area contributed by atoms with Gasteiger partial charge >= 0.3 is 5.97 Å². The quantitative estimate of drug-likeness (QED) is 0.461. The van der Waals surface area contributed by atoms with E-state index >= 15 is 0 Å². The second-order valence-electron chi connectivity index (χ2n) is 3.95. The van der Waals surface area contributed by atoms with Crippen LogP contribution in [0.25, 0.3) is 0 Å². The summed E-state index contributed by atoms with van der Waals surface area (Å²) < 4.78 is 5.04. The molecule has 4 heteroatoms. The van der Waals surface area contributed by atoms with Crippen LogP contribution in [0.2, 0.25) is 0 Å². The molecule has 0 aromatic rings. The van der Waals surface area contributed by atoms with Crippen molar-refractivity contribution in [3.05, 3.63) is 0 Å². The lowest BCUT2D eigenvalue weighted by atomic mass is 10.2. The van der Waals surface area contributed by atoms with E-state index in [1.54, 1.807) is 0 Å². The summed E-state index contributed by atoms with van der Waals surface area (Å²) in [6.45, 7) is 2.67. The fourth-order valence-electron chi connectivity index (χ4n) is 1.36. The number of amides is 1. The van der Waals surface area contributed by atoms with Crippen LogP contribution in [0.4, 0.5) is 0 Å². The maximum atomic E-state index is 11.2. The highest BCUT2D eigenvalue weighted by Crippen LogP contribution is 2.03. The predicted octanol–water partition coefficient (Wildman–Crippen LogP) is 2.16. The zero-order valence-electron chi connectivity index (χ0n) is 10.2. The summed E-state index contributed by atoms with van der Waals surface area (Å²) in [7, 11) is 0. The van der Waals surface area contributed by atoms with Crippen LogP contribution in [0.5, 0.6) is 0 Å². The molecular weight excluding hydrogens is 206 g/mol. The van der Waals surface area contributed by atoms with Gasteiger partial charge in [-0.05, 0) is 19.3 Å². The van der Waals surface area contributed by atoms with Gasteiger partial charge in [0.05, 0.1) is 6.61 Å². The van der Waals surface area contributed by atoms with E-state index in [0.717, 1.165) is 12.8 Å². The van der Waals surface area contributed by atoms with Crippen molar-refractivity contribution in [1.82, 2.24) is 0 Å². The van der Waals surface area contributed by atoms with Crippen LogP contribution >= 0.6 is 0 Å². The highest BCUT2D eigenvalue weighted by Gasteiger charge is 2.03. The van der Waals surface area contributed by atoms with Crippen molar-refractivity contribution in [3.8, 4) is 0 Å². The number of primary amides is 1. The van der Waals surface area contributed by atoms with Crippen molar-refractivity contribution in [2.75, 3.05) is 6.61 Å². The zero-order valence-corrected chi connectivity index (χ0v) is 10.2. The third-order valence-corrected chi connectivity index (χ3v) is 2.32. The van der Waals surface area contributed by atoms with Crippen molar-refractivity contribution in [3.63, 3.8) is 0 Å². The van der Waals surface area contributed by atoms with E-state index < -0.39 is 0 Å². The van der Waals surface area contributed by atoms with E-state index in [2.05, 4.69) is 6.92 Å². The summed E-state index contributed by atoms with van der Waals surface area (Å²) in [6, 6.07) is 0. The molecule has 0 aliphatic carbocycles. The van der Waals surface area contributed by atoms with Crippen LogP contribution in [0.1, 0.15) is 58.3 Å². The lowest BCUT2D eigenvalue weighted by molar-refractivity contribution is -0.144. The molecule has 0 saturated carbocycles. The Morgan fingerprint density at radius 1 is 1.00 bits per heavy atom. The highest BCUT2D eigenvalue weighted by atomic mass is 16.5. The van der Waals surface area contributed by atoms with Gasteiger partial charge in [-0.25, -0.2) is 0 Å². The minimum absolute atomic E-state index is 0.166. The lowest BCUT2D eigenvalue weighted by Gasteiger charge is -2.04. The maximum Gasteiger partial charge on any atom is 0.305 e. The molecule has 0 bridgehead atoms. The van der Waals surface area contributed by atoms with Gasteiger partial charge in [-0.2, -0.15) is 0 Å². The molecule has 0 rings (SSSR count).